The number of hydrogen-bond donors (Lipinski definition) is 1. The van der Waals surface area contributed by atoms with Crippen molar-refractivity contribution in [2.24, 2.45) is 0 Å². The summed E-state index contributed by atoms with van der Waals surface area (Å²) in [6.45, 7) is 6.97. The van der Waals surface area contributed by atoms with Gasteiger partial charge in [0.2, 0.25) is 0 Å². The molecule has 1 fully saturated rings. The lowest BCUT2D eigenvalue weighted by Crippen LogP contribution is -2.37. The highest BCUT2D eigenvalue weighted by Crippen LogP contribution is 1.99. The van der Waals surface area contributed by atoms with Crippen LogP contribution in [0.15, 0.2) is 22.8 Å². The van der Waals surface area contributed by atoms with Crippen molar-refractivity contribution in [3.63, 3.8) is 0 Å². The summed E-state index contributed by atoms with van der Waals surface area (Å²) in [5.74, 6) is 1.01. The number of halogens is 2. The predicted octanol–water partition coefficient (Wildman–Crippen LogP) is 2.25. The van der Waals surface area contributed by atoms with E-state index in [0.29, 0.717) is 0 Å². The fraction of sp³-hybridized carbons (Fsp3) is 0.667. The van der Waals surface area contributed by atoms with Gasteiger partial charge in [0.15, 0.2) is 0 Å². The number of morpholine rings is 1. The minimum Gasteiger partial charge on any atom is -0.468 e. The molecule has 0 aliphatic carbocycles. The van der Waals surface area contributed by atoms with Gasteiger partial charge in [-0.1, -0.05) is 0 Å². The van der Waals surface area contributed by atoms with E-state index in [0.717, 1.165) is 51.7 Å². The molecule has 4 nitrogen and oxygen atoms in total. The molecule has 1 aromatic heterocycles. The van der Waals surface area contributed by atoms with Gasteiger partial charge < -0.3 is 14.5 Å². The summed E-state index contributed by atoms with van der Waals surface area (Å²) in [4.78, 5) is 2.46. The van der Waals surface area contributed by atoms with E-state index in [9.17, 15) is 0 Å². The zero-order valence-corrected chi connectivity index (χ0v) is 13.9. The number of hydrogen-bond acceptors (Lipinski definition) is 4. The van der Waals surface area contributed by atoms with Crippen molar-refractivity contribution in [3.8, 4) is 0 Å². The molecule has 0 unspecified atom stereocenters. The Morgan fingerprint density at radius 1 is 1.22 bits per heavy atom. The van der Waals surface area contributed by atoms with Crippen LogP contribution in [0.4, 0.5) is 0 Å². The first-order valence-corrected chi connectivity index (χ1v) is 5.98. The maximum absolute atomic E-state index is 5.31. The molecule has 6 heteroatoms. The van der Waals surface area contributed by atoms with Gasteiger partial charge in [-0.3, -0.25) is 4.90 Å². The van der Waals surface area contributed by atoms with Crippen LogP contribution in [0.1, 0.15) is 12.2 Å². The number of furan rings is 1. The first kappa shape index (κ1) is 18.1. The minimum atomic E-state index is 0. The molecule has 18 heavy (non-hydrogen) atoms. The van der Waals surface area contributed by atoms with Gasteiger partial charge in [-0.2, -0.15) is 0 Å². The van der Waals surface area contributed by atoms with E-state index < -0.39 is 0 Å². The van der Waals surface area contributed by atoms with Crippen LogP contribution in [0.3, 0.4) is 0 Å². The summed E-state index contributed by atoms with van der Waals surface area (Å²) in [6.07, 6.45) is 2.89. The summed E-state index contributed by atoms with van der Waals surface area (Å²) >= 11 is 0. The van der Waals surface area contributed by atoms with E-state index >= 15 is 0 Å². The number of ether oxygens (including phenoxy) is 1. The quantitative estimate of drug-likeness (QED) is 0.762. The highest BCUT2D eigenvalue weighted by Gasteiger charge is 2.08. The standard InChI is InChI=1S/C12H20N2O2.2BrH/c1-3-12(16-8-1)11-13-4-2-5-14-6-9-15-10-7-14;;/h1,3,8,13H,2,4-7,9-11H2;2*1H. The van der Waals surface area contributed by atoms with Crippen molar-refractivity contribution in [1.29, 1.82) is 0 Å². The summed E-state index contributed by atoms with van der Waals surface area (Å²) in [5, 5.41) is 3.38. The van der Waals surface area contributed by atoms with Crippen molar-refractivity contribution < 1.29 is 9.15 Å². The first-order chi connectivity index (χ1) is 7.95. The number of rotatable bonds is 6. The second-order valence-electron chi connectivity index (χ2n) is 4.06. The Morgan fingerprint density at radius 3 is 2.67 bits per heavy atom. The topological polar surface area (TPSA) is 37.6 Å². The van der Waals surface area contributed by atoms with Gasteiger partial charge in [0.05, 0.1) is 26.0 Å². The third-order valence-electron chi connectivity index (χ3n) is 2.81. The number of nitrogens with one attached hydrogen (secondary N) is 1. The molecule has 1 aromatic rings. The molecule has 0 radical (unpaired) electrons. The van der Waals surface area contributed by atoms with Gasteiger partial charge in [0, 0.05) is 13.1 Å². The molecule has 1 aliphatic heterocycles. The summed E-state index contributed by atoms with van der Waals surface area (Å²) in [5.41, 5.74) is 0. The summed E-state index contributed by atoms with van der Waals surface area (Å²) in [7, 11) is 0. The smallest absolute Gasteiger partial charge is 0.117 e. The molecule has 2 rings (SSSR count). The second-order valence-corrected chi connectivity index (χ2v) is 4.06. The average molecular weight is 386 g/mol. The Morgan fingerprint density at radius 2 is 2.00 bits per heavy atom. The zero-order chi connectivity index (χ0) is 11.1. The third kappa shape index (κ3) is 6.89. The minimum absolute atomic E-state index is 0. The van der Waals surface area contributed by atoms with Crippen LogP contribution in [-0.4, -0.2) is 44.3 Å². The van der Waals surface area contributed by atoms with Gasteiger partial charge in [-0.05, 0) is 31.6 Å². The summed E-state index contributed by atoms with van der Waals surface area (Å²) in [6, 6.07) is 3.92. The van der Waals surface area contributed by atoms with Gasteiger partial charge in [0.1, 0.15) is 5.76 Å². The van der Waals surface area contributed by atoms with E-state index in [-0.39, 0.29) is 34.0 Å². The van der Waals surface area contributed by atoms with Crippen LogP contribution < -0.4 is 5.32 Å². The molecule has 0 aromatic carbocycles. The molecule has 0 spiro atoms. The third-order valence-corrected chi connectivity index (χ3v) is 2.81. The van der Waals surface area contributed by atoms with E-state index in [4.69, 9.17) is 9.15 Å². The highest BCUT2D eigenvalue weighted by molar-refractivity contribution is 8.93. The lowest BCUT2D eigenvalue weighted by Gasteiger charge is -2.26. The van der Waals surface area contributed by atoms with Gasteiger partial charge in [0.25, 0.3) is 0 Å². The lowest BCUT2D eigenvalue weighted by molar-refractivity contribution is 0.0374. The predicted molar refractivity (Wildman–Crippen MR) is 82.9 cm³/mol. The van der Waals surface area contributed by atoms with Crippen LogP contribution in [0.25, 0.3) is 0 Å². The molecule has 0 atom stereocenters. The molecular formula is C12H22Br2N2O2. The molecular weight excluding hydrogens is 364 g/mol. The van der Waals surface area contributed by atoms with Crippen LogP contribution >= 0.6 is 34.0 Å². The Kier molecular flexibility index (Phi) is 11.1. The van der Waals surface area contributed by atoms with Crippen molar-refractivity contribution in [3.05, 3.63) is 24.2 Å². The van der Waals surface area contributed by atoms with E-state index in [1.165, 1.54) is 6.42 Å². The van der Waals surface area contributed by atoms with E-state index in [2.05, 4.69) is 10.2 Å². The average Bonchev–Trinajstić information content (AvgIpc) is 2.83. The monoisotopic (exact) mass is 384 g/mol. The molecule has 1 N–H and O–H groups in total. The maximum Gasteiger partial charge on any atom is 0.117 e. The molecule has 0 bridgehead atoms. The second kappa shape index (κ2) is 11.0. The number of nitrogens with zero attached hydrogens (tertiary/aromatic N) is 1. The van der Waals surface area contributed by atoms with Gasteiger partial charge in [-0.15, -0.1) is 34.0 Å². The van der Waals surface area contributed by atoms with Crippen molar-refractivity contribution in [2.75, 3.05) is 39.4 Å². The zero-order valence-electron chi connectivity index (χ0n) is 10.5. The van der Waals surface area contributed by atoms with Crippen LogP contribution in [0, 0.1) is 0 Å². The van der Waals surface area contributed by atoms with Gasteiger partial charge >= 0.3 is 0 Å². The highest BCUT2D eigenvalue weighted by atomic mass is 79.9. The van der Waals surface area contributed by atoms with E-state index in [1.807, 2.05) is 12.1 Å². The molecule has 1 aliphatic rings. The first-order valence-electron chi connectivity index (χ1n) is 5.98. The Balaban J connectivity index is 0.00000144. The van der Waals surface area contributed by atoms with Crippen LogP contribution in [0.2, 0.25) is 0 Å². The fourth-order valence-electron chi connectivity index (χ4n) is 1.88. The van der Waals surface area contributed by atoms with E-state index in [1.54, 1.807) is 6.26 Å². The molecule has 1 saturated heterocycles. The van der Waals surface area contributed by atoms with Crippen molar-refractivity contribution in [1.82, 2.24) is 10.2 Å². The van der Waals surface area contributed by atoms with Crippen molar-refractivity contribution >= 4 is 34.0 Å². The molecule has 0 saturated carbocycles. The Hall–Kier alpha value is 0.120. The molecule has 0 amide bonds. The normalized spacial score (nSPS) is 15.8. The maximum atomic E-state index is 5.31. The Bertz CT molecular complexity index is 278. The molecule has 2 heterocycles. The van der Waals surface area contributed by atoms with Crippen molar-refractivity contribution in [2.45, 2.75) is 13.0 Å². The summed E-state index contributed by atoms with van der Waals surface area (Å²) < 4.78 is 10.5. The largest absolute Gasteiger partial charge is 0.468 e. The molecule has 106 valence electrons. The van der Waals surface area contributed by atoms with Gasteiger partial charge in [-0.25, -0.2) is 0 Å². The Labute approximate surface area is 130 Å². The van der Waals surface area contributed by atoms with Crippen LogP contribution in [-0.2, 0) is 11.3 Å². The van der Waals surface area contributed by atoms with Crippen LogP contribution in [0.5, 0.6) is 0 Å². The fourth-order valence-corrected chi connectivity index (χ4v) is 1.88. The SMILES string of the molecule is Br.Br.c1coc(CNCCCN2CCOCC2)c1. The lowest BCUT2D eigenvalue weighted by atomic mass is 10.3.